The van der Waals surface area contributed by atoms with Gasteiger partial charge in [0.25, 0.3) is 5.92 Å². The molecule has 0 aliphatic heterocycles. The number of alkyl halides is 2. The maximum atomic E-state index is 14.6. The zero-order valence-electron chi connectivity index (χ0n) is 16.5. The van der Waals surface area contributed by atoms with E-state index in [0.29, 0.717) is 10.6 Å². The minimum absolute atomic E-state index is 0.0466. The summed E-state index contributed by atoms with van der Waals surface area (Å²) in [7, 11) is 3.19. The maximum absolute atomic E-state index is 14.6. The number of nitrogens with one attached hydrogen (secondary N) is 1. The number of hydrogen-bond donors (Lipinski definition) is 2. The van der Waals surface area contributed by atoms with E-state index in [1.165, 1.54) is 31.4 Å². The minimum atomic E-state index is -3.19. The average Bonchev–Trinajstić information content (AvgIpc) is 3.30. The molecule has 10 heteroatoms. The highest BCUT2D eigenvalue weighted by Crippen LogP contribution is 2.44. The first-order valence-corrected chi connectivity index (χ1v) is 9.94. The fourth-order valence-corrected chi connectivity index (χ4v) is 4.18. The molecule has 156 valence electrons. The fourth-order valence-electron chi connectivity index (χ4n) is 3.30. The van der Waals surface area contributed by atoms with Crippen LogP contribution in [0.2, 0.25) is 0 Å². The smallest absolute Gasteiger partial charge is 0.276 e. The SMILES string of the molecule is CCC(F)(F)c1cc(C(N)=O)cc(Nc2nc3c(ccc4c3ncn4C)s2)c1OC. The van der Waals surface area contributed by atoms with Crippen LogP contribution in [0.5, 0.6) is 5.75 Å². The number of aryl methyl sites for hydroxylation is 1. The zero-order valence-corrected chi connectivity index (χ0v) is 17.3. The Bertz CT molecular complexity index is 1280. The van der Waals surface area contributed by atoms with Crippen LogP contribution in [0, 0.1) is 0 Å². The lowest BCUT2D eigenvalue weighted by Gasteiger charge is -2.21. The summed E-state index contributed by atoms with van der Waals surface area (Å²) in [5, 5.41) is 3.48. The van der Waals surface area contributed by atoms with Gasteiger partial charge in [0.05, 0.1) is 34.9 Å². The summed E-state index contributed by atoms with van der Waals surface area (Å²) in [6.07, 6.45) is 1.25. The number of imidazole rings is 1. The van der Waals surface area contributed by atoms with E-state index in [1.54, 1.807) is 6.33 Å². The molecule has 4 rings (SSSR count). The molecular formula is C20H19F2N5O2S. The topological polar surface area (TPSA) is 95.1 Å². The van der Waals surface area contributed by atoms with Gasteiger partial charge in [0, 0.05) is 19.0 Å². The molecular weight excluding hydrogens is 412 g/mol. The lowest BCUT2D eigenvalue weighted by Crippen LogP contribution is -2.18. The second-order valence-corrected chi connectivity index (χ2v) is 7.84. The van der Waals surface area contributed by atoms with Crippen LogP contribution in [0.1, 0.15) is 29.3 Å². The highest BCUT2D eigenvalue weighted by atomic mass is 32.1. The number of primary amides is 1. The molecule has 0 unspecified atom stereocenters. The van der Waals surface area contributed by atoms with Gasteiger partial charge < -0.3 is 20.4 Å². The number of carbonyl (C=O) groups excluding carboxylic acids is 1. The van der Waals surface area contributed by atoms with Gasteiger partial charge in [-0.15, -0.1) is 0 Å². The molecule has 0 bridgehead atoms. The molecule has 0 radical (unpaired) electrons. The molecule has 2 heterocycles. The number of benzene rings is 2. The van der Waals surface area contributed by atoms with Crippen molar-refractivity contribution in [1.82, 2.24) is 14.5 Å². The van der Waals surface area contributed by atoms with Gasteiger partial charge in [0.15, 0.2) is 10.9 Å². The molecule has 0 aliphatic carbocycles. The van der Waals surface area contributed by atoms with Crippen molar-refractivity contribution in [1.29, 1.82) is 0 Å². The molecule has 0 aliphatic rings. The summed E-state index contributed by atoms with van der Waals surface area (Å²) in [4.78, 5) is 20.7. The Balaban J connectivity index is 1.86. The predicted molar refractivity (Wildman–Crippen MR) is 113 cm³/mol. The van der Waals surface area contributed by atoms with Crippen LogP contribution in [-0.2, 0) is 13.0 Å². The van der Waals surface area contributed by atoms with Crippen LogP contribution in [0.25, 0.3) is 21.3 Å². The van der Waals surface area contributed by atoms with Crippen molar-refractivity contribution in [3.8, 4) is 5.75 Å². The van der Waals surface area contributed by atoms with E-state index in [-0.39, 0.29) is 17.0 Å². The van der Waals surface area contributed by atoms with Crippen molar-refractivity contribution in [3.05, 3.63) is 41.7 Å². The Kier molecular flexibility index (Phi) is 4.81. The van der Waals surface area contributed by atoms with Gasteiger partial charge in [0.2, 0.25) is 5.91 Å². The Labute approximate surface area is 174 Å². The van der Waals surface area contributed by atoms with Crippen LogP contribution < -0.4 is 15.8 Å². The number of carbonyl (C=O) groups is 1. The first kappa shape index (κ1) is 20.0. The van der Waals surface area contributed by atoms with Crippen LogP contribution in [-0.4, -0.2) is 27.6 Å². The number of nitrogens with zero attached hydrogens (tertiary/aromatic N) is 3. The molecule has 0 fully saturated rings. The number of halogens is 2. The highest BCUT2D eigenvalue weighted by molar-refractivity contribution is 7.22. The number of anilines is 2. The lowest BCUT2D eigenvalue weighted by atomic mass is 10.00. The van der Waals surface area contributed by atoms with Gasteiger partial charge in [0.1, 0.15) is 11.0 Å². The molecule has 2 aromatic heterocycles. The number of nitrogens with two attached hydrogens (primary N) is 1. The summed E-state index contributed by atoms with van der Waals surface area (Å²) in [6.45, 7) is 1.36. The fraction of sp³-hybridized carbons (Fsp3) is 0.250. The van der Waals surface area contributed by atoms with Gasteiger partial charge in [-0.05, 0) is 24.3 Å². The van der Waals surface area contributed by atoms with Crippen molar-refractivity contribution in [2.24, 2.45) is 12.8 Å². The number of thiazole rings is 1. The number of amides is 1. The monoisotopic (exact) mass is 431 g/mol. The summed E-state index contributed by atoms with van der Waals surface area (Å²) in [5.74, 6) is -4.07. The van der Waals surface area contributed by atoms with E-state index < -0.39 is 23.8 Å². The lowest BCUT2D eigenvalue weighted by molar-refractivity contribution is -0.0103. The van der Waals surface area contributed by atoms with Crippen LogP contribution in [0.3, 0.4) is 0 Å². The van der Waals surface area contributed by atoms with Gasteiger partial charge in [-0.1, -0.05) is 18.3 Å². The Morgan fingerprint density at radius 1 is 1.33 bits per heavy atom. The van der Waals surface area contributed by atoms with Crippen molar-refractivity contribution < 1.29 is 18.3 Å². The number of rotatable bonds is 6. The van der Waals surface area contributed by atoms with Crippen molar-refractivity contribution in [2.75, 3.05) is 12.4 Å². The third-order valence-corrected chi connectivity index (χ3v) is 5.85. The third-order valence-electron chi connectivity index (χ3n) is 4.91. The maximum Gasteiger partial charge on any atom is 0.276 e. The predicted octanol–water partition coefficient (Wildman–Crippen LogP) is 4.54. The number of methoxy groups -OCH3 is 1. The standard InChI is InChI=1S/C20H19F2N5O2S/c1-4-20(21,22)11-7-10(18(23)28)8-12(17(11)29-3)25-19-26-16-14(30-19)6-5-13-15(16)24-9-27(13)2/h5-9H,4H2,1-3H3,(H2,23,28)(H,25,26). The van der Waals surface area contributed by atoms with Crippen LogP contribution in [0.4, 0.5) is 19.6 Å². The van der Waals surface area contributed by atoms with Crippen molar-refractivity contribution in [2.45, 2.75) is 19.3 Å². The van der Waals surface area contributed by atoms with Crippen molar-refractivity contribution in [3.63, 3.8) is 0 Å². The largest absolute Gasteiger partial charge is 0.494 e. The second-order valence-electron chi connectivity index (χ2n) is 6.81. The number of fused-ring (bicyclic) bond motifs is 3. The second kappa shape index (κ2) is 7.21. The molecule has 1 amide bonds. The van der Waals surface area contributed by atoms with Crippen LogP contribution in [0.15, 0.2) is 30.6 Å². The quantitative estimate of drug-likeness (QED) is 0.468. The molecule has 30 heavy (non-hydrogen) atoms. The van der Waals surface area contributed by atoms with Gasteiger partial charge >= 0.3 is 0 Å². The number of aromatic nitrogens is 3. The zero-order chi connectivity index (χ0) is 21.6. The summed E-state index contributed by atoms with van der Waals surface area (Å²) in [6, 6.07) is 6.33. The summed E-state index contributed by atoms with van der Waals surface area (Å²) in [5.41, 5.74) is 7.48. The molecule has 3 N–H and O–H groups in total. The van der Waals surface area contributed by atoms with Crippen molar-refractivity contribution >= 4 is 49.3 Å². The normalized spacial score (nSPS) is 11.9. The minimum Gasteiger partial charge on any atom is -0.494 e. The average molecular weight is 431 g/mol. The molecule has 0 atom stereocenters. The number of hydrogen-bond acceptors (Lipinski definition) is 6. The third kappa shape index (κ3) is 3.22. The Morgan fingerprint density at radius 3 is 2.77 bits per heavy atom. The number of ether oxygens (including phenoxy) is 1. The Morgan fingerprint density at radius 2 is 2.10 bits per heavy atom. The van der Waals surface area contributed by atoms with E-state index in [1.807, 2.05) is 23.7 Å². The first-order valence-electron chi connectivity index (χ1n) is 9.13. The molecule has 7 nitrogen and oxygen atoms in total. The van der Waals surface area contributed by atoms with E-state index in [0.717, 1.165) is 21.8 Å². The Hall–Kier alpha value is -3.27. The van der Waals surface area contributed by atoms with E-state index >= 15 is 0 Å². The van der Waals surface area contributed by atoms with Gasteiger partial charge in [-0.3, -0.25) is 4.79 Å². The van der Waals surface area contributed by atoms with Gasteiger partial charge in [-0.2, -0.15) is 0 Å². The molecule has 0 spiro atoms. The van der Waals surface area contributed by atoms with E-state index in [4.69, 9.17) is 10.5 Å². The summed E-state index contributed by atoms with van der Waals surface area (Å²) >= 11 is 1.34. The first-order chi connectivity index (χ1) is 14.2. The van der Waals surface area contributed by atoms with Crippen LogP contribution >= 0.6 is 11.3 Å². The molecule has 2 aromatic carbocycles. The molecule has 0 saturated carbocycles. The van der Waals surface area contributed by atoms with E-state index in [9.17, 15) is 13.6 Å². The van der Waals surface area contributed by atoms with E-state index in [2.05, 4.69) is 15.3 Å². The molecule has 4 aromatic rings. The summed E-state index contributed by atoms with van der Waals surface area (Å²) < 4.78 is 37.2. The molecule has 0 saturated heterocycles. The van der Waals surface area contributed by atoms with Gasteiger partial charge in [-0.25, -0.2) is 18.7 Å². The highest BCUT2D eigenvalue weighted by Gasteiger charge is 2.35.